The Morgan fingerprint density at radius 3 is 2.57 bits per heavy atom. The normalized spacial score (nSPS) is 9.50. The van der Waals surface area contributed by atoms with Crippen molar-refractivity contribution in [1.29, 1.82) is 0 Å². The molecule has 0 aliphatic heterocycles. The largest absolute Gasteiger partial charge is 0.492 e. The van der Waals surface area contributed by atoms with E-state index >= 15 is 0 Å². The molecule has 76 valence electrons. The highest BCUT2D eigenvalue weighted by Gasteiger charge is 1.96. The first kappa shape index (κ1) is 10.7. The summed E-state index contributed by atoms with van der Waals surface area (Å²) in [5, 5.41) is 2.45. The summed E-state index contributed by atoms with van der Waals surface area (Å²) in [4.78, 5) is 10.5. The molecule has 0 fully saturated rings. The van der Waals surface area contributed by atoms with Crippen molar-refractivity contribution in [2.24, 2.45) is 5.73 Å². The first-order chi connectivity index (χ1) is 6.72. The number of rotatable bonds is 4. The van der Waals surface area contributed by atoms with Gasteiger partial charge in [-0.05, 0) is 24.3 Å². The first-order valence-corrected chi connectivity index (χ1v) is 4.61. The quantitative estimate of drug-likeness (QED) is 0.751. The maximum Gasteiger partial charge on any atom is 0.316 e. The molecular weight excluding hydrogens is 204 g/mol. The van der Waals surface area contributed by atoms with E-state index in [0.717, 1.165) is 0 Å². The van der Waals surface area contributed by atoms with Crippen LogP contribution in [0.4, 0.5) is 10.5 Å². The summed E-state index contributed by atoms with van der Waals surface area (Å²) < 4.78 is 5.24. The van der Waals surface area contributed by atoms with Crippen LogP contribution in [-0.2, 0) is 0 Å². The third-order valence-electron chi connectivity index (χ3n) is 1.47. The minimum Gasteiger partial charge on any atom is -0.492 e. The number of hydrogen-bond acceptors (Lipinski definition) is 2. The maximum atomic E-state index is 10.5. The summed E-state index contributed by atoms with van der Waals surface area (Å²) in [6.45, 7) is 0.462. The number of anilines is 1. The van der Waals surface area contributed by atoms with Crippen LogP contribution < -0.4 is 15.8 Å². The number of hydrogen-bond donors (Lipinski definition) is 2. The highest BCUT2D eigenvalue weighted by atomic mass is 35.5. The number of nitrogens with one attached hydrogen (secondary N) is 1. The monoisotopic (exact) mass is 214 g/mol. The van der Waals surface area contributed by atoms with E-state index in [2.05, 4.69) is 5.32 Å². The van der Waals surface area contributed by atoms with E-state index in [1.165, 1.54) is 0 Å². The van der Waals surface area contributed by atoms with Crippen LogP contribution in [0.3, 0.4) is 0 Å². The lowest BCUT2D eigenvalue weighted by atomic mass is 10.3. The number of nitrogens with two attached hydrogens (primary N) is 1. The van der Waals surface area contributed by atoms with E-state index in [-0.39, 0.29) is 0 Å². The van der Waals surface area contributed by atoms with Gasteiger partial charge in [-0.2, -0.15) is 0 Å². The van der Waals surface area contributed by atoms with Gasteiger partial charge < -0.3 is 15.8 Å². The molecule has 4 nitrogen and oxygen atoms in total. The minimum atomic E-state index is -0.584. The van der Waals surface area contributed by atoms with Crippen LogP contribution in [0, 0.1) is 0 Å². The van der Waals surface area contributed by atoms with Crippen LogP contribution in [0.1, 0.15) is 0 Å². The van der Waals surface area contributed by atoms with Crippen molar-refractivity contribution >= 4 is 23.3 Å². The van der Waals surface area contributed by atoms with Crippen LogP contribution in [0.15, 0.2) is 24.3 Å². The number of halogens is 1. The highest BCUT2D eigenvalue weighted by Crippen LogP contribution is 2.15. The number of carbonyl (C=O) groups is 1. The van der Waals surface area contributed by atoms with Gasteiger partial charge in [0.15, 0.2) is 0 Å². The van der Waals surface area contributed by atoms with E-state index in [1.807, 2.05) is 0 Å². The Bertz CT molecular complexity index is 300. The number of benzene rings is 1. The van der Waals surface area contributed by atoms with Crippen LogP contribution >= 0.6 is 11.6 Å². The third kappa shape index (κ3) is 3.53. The van der Waals surface area contributed by atoms with Crippen molar-refractivity contribution in [1.82, 2.24) is 0 Å². The molecule has 0 bridgehead atoms. The molecule has 0 radical (unpaired) electrons. The molecule has 5 heteroatoms. The number of amides is 2. The van der Waals surface area contributed by atoms with Gasteiger partial charge in [-0.15, -0.1) is 11.6 Å². The topological polar surface area (TPSA) is 64.4 Å². The zero-order valence-corrected chi connectivity index (χ0v) is 8.25. The lowest BCUT2D eigenvalue weighted by Gasteiger charge is -2.05. The summed E-state index contributed by atoms with van der Waals surface area (Å²) in [6.07, 6.45) is 0. The zero-order chi connectivity index (χ0) is 10.4. The molecule has 1 aromatic rings. The average molecular weight is 215 g/mol. The maximum absolute atomic E-state index is 10.5. The van der Waals surface area contributed by atoms with Crippen LogP contribution in [0.5, 0.6) is 5.75 Å². The fourth-order valence-corrected chi connectivity index (χ4v) is 1.01. The van der Waals surface area contributed by atoms with Gasteiger partial charge in [-0.1, -0.05) is 0 Å². The average Bonchev–Trinajstić information content (AvgIpc) is 2.16. The highest BCUT2D eigenvalue weighted by molar-refractivity contribution is 6.18. The second-order valence-electron chi connectivity index (χ2n) is 2.55. The molecule has 3 N–H and O–H groups in total. The predicted molar refractivity (Wildman–Crippen MR) is 55.9 cm³/mol. The Kier molecular flexibility index (Phi) is 4.07. The minimum absolute atomic E-state index is 0.446. The van der Waals surface area contributed by atoms with E-state index in [1.54, 1.807) is 24.3 Å². The molecule has 0 atom stereocenters. The Balaban J connectivity index is 2.54. The second kappa shape index (κ2) is 5.34. The second-order valence-corrected chi connectivity index (χ2v) is 2.93. The molecular formula is C9H11ClN2O2. The van der Waals surface area contributed by atoms with Crippen molar-refractivity contribution < 1.29 is 9.53 Å². The summed E-state index contributed by atoms with van der Waals surface area (Å²) >= 11 is 5.45. The molecule has 0 spiro atoms. The Hall–Kier alpha value is -1.42. The van der Waals surface area contributed by atoms with Gasteiger partial charge in [0.1, 0.15) is 12.4 Å². The summed E-state index contributed by atoms with van der Waals surface area (Å²) in [7, 11) is 0. The van der Waals surface area contributed by atoms with Crippen molar-refractivity contribution in [2.75, 3.05) is 17.8 Å². The van der Waals surface area contributed by atoms with Gasteiger partial charge in [-0.25, -0.2) is 4.79 Å². The molecule has 0 saturated carbocycles. The molecule has 0 heterocycles. The van der Waals surface area contributed by atoms with Gasteiger partial charge in [0, 0.05) is 5.69 Å². The van der Waals surface area contributed by atoms with Crippen LogP contribution in [0.25, 0.3) is 0 Å². The van der Waals surface area contributed by atoms with E-state index in [4.69, 9.17) is 22.1 Å². The van der Waals surface area contributed by atoms with Crippen LogP contribution in [-0.4, -0.2) is 18.5 Å². The SMILES string of the molecule is NC(=O)Nc1ccc(OCCCl)cc1. The van der Waals surface area contributed by atoms with Crippen molar-refractivity contribution in [3.05, 3.63) is 24.3 Å². The molecule has 0 aliphatic rings. The van der Waals surface area contributed by atoms with E-state index in [0.29, 0.717) is 23.9 Å². The third-order valence-corrected chi connectivity index (χ3v) is 1.62. The summed E-state index contributed by atoms with van der Waals surface area (Å²) in [5.74, 6) is 1.15. The number of alkyl halides is 1. The number of urea groups is 1. The first-order valence-electron chi connectivity index (χ1n) is 4.07. The van der Waals surface area contributed by atoms with Gasteiger partial charge in [0.2, 0.25) is 0 Å². The standard InChI is InChI=1S/C9H11ClN2O2/c10-5-6-14-8-3-1-7(2-4-8)12-9(11)13/h1-4H,5-6H2,(H3,11,12,13). The predicted octanol–water partition coefficient (Wildman–Crippen LogP) is 1.79. The number of primary amides is 1. The Labute approximate surface area is 87.0 Å². The van der Waals surface area contributed by atoms with Crippen LogP contribution in [0.2, 0.25) is 0 Å². The number of carbonyl (C=O) groups excluding carboxylic acids is 1. The smallest absolute Gasteiger partial charge is 0.316 e. The molecule has 0 aliphatic carbocycles. The zero-order valence-electron chi connectivity index (χ0n) is 7.50. The lowest BCUT2D eigenvalue weighted by Crippen LogP contribution is -2.19. The molecule has 2 amide bonds. The molecule has 0 aromatic heterocycles. The fraction of sp³-hybridized carbons (Fsp3) is 0.222. The lowest BCUT2D eigenvalue weighted by molar-refractivity contribution is 0.259. The van der Waals surface area contributed by atoms with Crippen molar-refractivity contribution in [2.45, 2.75) is 0 Å². The van der Waals surface area contributed by atoms with E-state index in [9.17, 15) is 4.79 Å². The molecule has 14 heavy (non-hydrogen) atoms. The fourth-order valence-electron chi connectivity index (χ4n) is 0.933. The van der Waals surface area contributed by atoms with Gasteiger partial charge >= 0.3 is 6.03 Å². The van der Waals surface area contributed by atoms with Gasteiger partial charge in [0.25, 0.3) is 0 Å². The molecule has 1 rings (SSSR count). The van der Waals surface area contributed by atoms with Crippen molar-refractivity contribution in [3.63, 3.8) is 0 Å². The Morgan fingerprint density at radius 1 is 1.43 bits per heavy atom. The van der Waals surface area contributed by atoms with E-state index < -0.39 is 6.03 Å². The summed E-state index contributed by atoms with van der Waals surface area (Å²) in [5.41, 5.74) is 5.58. The molecule has 1 aromatic carbocycles. The Morgan fingerprint density at radius 2 is 2.07 bits per heavy atom. The van der Waals surface area contributed by atoms with Gasteiger partial charge in [-0.3, -0.25) is 0 Å². The summed E-state index contributed by atoms with van der Waals surface area (Å²) in [6, 6.07) is 6.29. The number of ether oxygens (including phenoxy) is 1. The van der Waals surface area contributed by atoms with Gasteiger partial charge in [0.05, 0.1) is 5.88 Å². The molecule has 0 saturated heterocycles. The van der Waals surface area contributed by atoms with Crippen molar-refractivity contribution in [3.8, 4) is 5.75 Å². The molecule has 0 unspecified atom stereocenters.